The predicted octanol–water partition coefficient (Wildman–Crippen LogP) is 3.00. The van der Waals surface area contributed by atoms with Gasteiger partial charge in [-0.3, -0.25) is 0 Å². The molecule has 0 saturated carbocycles. The number of allylic oxidation sites excluding steroid dienone is 3. The van der Waals surface area contributed by atoms with Gasteiger partial charge in [-0.05, 0) is 39.7 Å². The van der Waals surface area contributed by atoms with Gasteiger partial charge in [0, 0.05) is 12.0 Å². The Morgan fingerprint density at radius 3 is 2.59 bits per heavy atom. The van der Waals surface area contributed by atoms with Crippen LogP contribution in [-0.2, 0) is 28.6 Å². The number of hydrogen-bond acceptors (Lipinski definition) is 8. The van der Waals surface area contributed by atoms with Gasteiger partial charge in [-0.25, -0.2) is 14.4 Å². The Labute approximate surface area is 187 Å². The molecule has 2 aliphatic rings. The minimum Gasteiger partial charge on any atom is -0.515 e. The third-order valence-corrected chi connectivity index (χ3v) is 5.48. The Hall–Kier alpha value is -3.13. The number of aliphatic hydroxyl groups is 2. The lowest BCUT2D eigenvalue weighted by atomic mass is 9.85. The monoisotopic (exact) mass is 446 g/mol. The molecule has 0 unspecified atom stereocenters. The fourth-order valence-electron chi connectivity index (χ4n) is 3.60. The number of esters is 3. The van der Waals surface area contributed by atoms with Crippen molar-refractivity contribution in [3.63, 3.8) is 0 Å². The van der Waals surface area contributed by atoms with Crippen molar-refractivity contribution in [2.75, 3.05) is 13.2 Å². The van der Waals surface area contributed by atoms with Crippen LogP contribution in [0.1, 0.15) is 40.0 Å². The Kier molecular flexibility index (Phi) is 9.02. The third-order valence-electron chi connectivity index (χ3n) is 5.48. The topological polar surface area (TPSA) is 119 Å². The molecule has 1 heterocycles. The SMILES string of the molecule is C=C1C(=O)O[C@@H]2/C=C(\C)CC/C=C(\C)C[C@@H](OC(=O)/C(=C/O)COC(=O)/C(=C\C)CO)[C@@H]12. The second kappa shape index (κ2) is 11.5. The second-order valence-electron chi connectivity index (χ2n) is 7.87. The Balaban J connectivity index is 2.22. The van der Waals surface area contributed by atoms with E-state index in [1.165, 1.54) is 6.08 Å². The van der Waals surface area contributed by atoms with E-state index in [0.29, 0.717) is 12.7 Å². The van der Waals surface area contributed by atoms with Gasteiger partial charge in [0.1, 0.15) is 24.4 Å². The van der Waals surface area contributed by atoms with E-state index in [2.05, 4.69) is 12.7 Å². The van der Waals surface area contributed by atoms with Crippen molar-refractivity contribution >= 4 is 17.9 Å². The summed E-state index contributed by atoms with van der Waals surface area (Å²) in [6.07, 6.45) is 6.39. The minimum atomic E-state index is -0.896. The number of ether oxygens (including phenoxy) is 3. The van der Waals surface area contributed by atoms with Gasteiger partial charge in [0.2, 0.25) is 0 Å². The molecule has 0 amide bonds. The van der Waals surface area contributed by atoms with Crippen LogP contribution in [0.25, 0.3) is 0 Å². The van der Waals surface area contributed by atoms with Gasteiger partial charge in [-0.2, -0.15) is 0 Å². The van der Waals surface area contributed by atoms with Crippen molar-refractivity contribution < 1.29 is 38.8 Å². The van der Waals surface area contributed by atoms with Crippen molar-refractivity contribution in [3.05, 3.63) is 58.9 Å². The average Bonchev–Trinajstić information content (AvgIpc) is 3.01. The molecular formula is C24H30O8. The first-order valence-corrected chi connectivity index (χ1v) is 10.4. The molecule has 0 bridgehead atoms. The molecule has 8 heteroatoms. The molecule has 32 heavy (non-hydrogen) atoms. The van der Waals surface area contributed by atoms with E-state index in [4.69, 9.17) is 19.3 Å². The highest BCUT2D eigenvalue weighted by Crippen LogP contribution is 2.36. The summed E-state index contributed by atoms with van der Waals surface area (Å²) < 4.78 is 16.1. The maximum absolute atomic E-state index is 12.8. The summed E-state index contributed by atoms with van der Waals surface area (Å²) in [5.74, 6) is -2.84. The molecule has 2 N–H and O–H groups in total. The van der Waals surface area contributed by atoms with Crippen LogP contribution in [0.3, 0.4) is 0 Å². The zero-order chi connectivity index (χ0) is 23.8. The lowest BCUT2D eigenvalue weighted by Gasteiger charge is -2.27. The summed E-state index contributed by atoms with van der Waals surface area (Å²) in [7, 11) is 0. The standard InChI is InChI=1S/C24H30O8/c1-5-17(11-25)23(28)30-13-18(12-26)24(29)32-20-10-15(3)8-6-7-14(2)9-19-21(20)16(4)22(27)31-19/h5,8-9,12,19-21,25-26H,4,6-7,10-11,13H2,1-3H3/b14-9+,15-8+,17-5-,18-12+/t19-,20-,21+/m1/s1. The Bertz CT molecular complexity index is 890. The number of carbonyl (C=O) groups is 3. The van der Waals surface area contributed by atoms with Crippen LogP contribution in [0.15, 0.2) is 58.9 Å². The minimum absolute atomic E-state index is 0.0201. The predicted molar refractivity (Wildman–Crippen MR) is 116 cm³/mol. The first kappa shape index (κ1) is 25.1. The largest absolute Gasteiger partial charge is 0.515 e. The number of hydrogen-bond donors (Lipinski definition) is 2. The summed E-state index contributed by atoms with van der Waals surface area (Å²) in [6, 6.07) is 0. The number of carbonyl (C=O) groups excluding carboxylic acids is 3. The molecule has 0 spiro atoms. The zero-order valence-corrected chi connectivity index (χ0v) is 18.6. The Morgan fingerprint density at radius 2 is 1.97 bits per heavy atom. The van der Waals surface area contributed by atoms with Crippen molar-refractivity contribution in [2.24, 2.45) is 5.92 Å². The van der Waals surface area contributed by atoms with Gasteiger partial charge in [0.05, 0.1) is 24.4 Å². The summed E-state index contributed by atoms with van der Waals surface area (Å²) >= 11 is 0. The van der Waals surface area contributed by atoms with E-state index in [1.807, 2.05) is 19.9 Å². The van der Waals surface area contributed by atoms with Gasteiger partial charge < -0.3 is 24.4 Å². The highest BCUT2D eigenvalue weighted by molar-refractivity contribution is 5.93. The molecular weight excluding hydrogens is 416 g/mol. The molecule has 8 nitrogen and oxygen atoms in total. The van der Waals surface area contributed by atoms with Crippen LogP contribution in [0.4, 0.5) is 0 Å². The molecule has 1 fully saturated rings. The van der Waals surface area contributed by atoms with Gasteiger partial charge in [0.25, 0.3) is 0 Å². The fraction of sp³-hybridized carbons (Fsp3) is 0.458. The van der Waals surface area contributed by atoms with E-state index in [0.717, 1.165) is 24.0 Å². The summed E-state index contributed by atoms with van der Waals surface area (Å²) in [5, 5.41) is 18.6. The van der Waals surface area contributed by atoms with E-state index >= 15 is 0 Å². The van der Waals surface area contributed by atoms with E-state index in [9.17, 15) is 19.5 Å². The average molecular weight is 446 g/mol. The molecule has 0 aromatic carbocycles. The maximum Gasteiger partial charge on any atom is 0.340 e. The highest BCUT2D eigenvalue weighted by atomic mass is 16.6. The smallest absolute Gasteiger partial charge is 0.340 e. The highest BCUT2D eigenvalue weighted by Gasteiger charge is 2.44. The Morgan fingerprint density at radius 1 is 1.25 bits per heavy atom. The molecule has 0 aromatic rings. The van der Waals surface area contributed by atoms with Gasteiger partial charge in [-0.15, -0.1) is 0 Å². The van der Waals surface area contributed by atoms with Crippen molar-refractivity contribution in [3.8, 4) is 0 Å². The molecule has 0 aromatic heterocycles. The quantitative estimate of drug-likeness (QED) is 0.210. The molecule has 174 valence electrons. The molecule has 1 aliphatic heterocycles. The maximum atomic E-state index is 12.8. The van der Waals surface area contributed by atoms with Crippen LogP contribution in [0.2, 0.25) is 0 Å². The first-order valence-electron chi connectivity index (χ1n) is 10.4. The molecule has 0 radical (unpaired) electrons. The van der Waals surface area contributed by atoms with Gasteiger partial charge >= 0.3 is 17.9 Å². The van der Waals surface area contributed by atoms with Crippen molar-refractivity contribution in [1.82, 2.24) is 0 Å². The summed E-state index contributed by atoms with van der Waals surface area (Å²) in [6.45, 7) is 8.20. The lowest BCUT2D eigenvalue weighted by Crippen LogP contribution is -2.34. The molecule has 3 atom stereocenters. The van der Waals surface area contributed by atoms with Crippen molar-refractivity contribution in [2.45, 2.75) is 52.2 Å². The van der Waals surface area contributed by atoms with Crippen LogP contribution >= 0.6 is 0 Å². The summed E-state index contributed by atoms with van der Waals surface area (Å²) in [5.41, 5.74) is 1.97. The van der Waals surface area contributed by atoms with E-state index in [1.54, 1.807) is 6.92 Å². The van der Waals surface area contributed by atoms with Crippen LogP contribution in [0.5, 0.6) is 0 Å². The lowest BCUT2D eigenvalue weighted by molar-refractivity contribution is -0.148. The van der Waals surface area contributed by atoms with Crippen LogP contribution < -0.4 is 0 Å². The molecule has 1 aliphatic carbocycles. The summed E-state index contributed by atoms with van der Waals surface area (Å²) in [4.78, 5) is 36.9. The van der Waals surface area contributed by atoms with E-state index in [-0.39, 0.29) is 16.7 Å². The van der Waals surface area contributed by atoms with Crippen LogP contribution in [0, 0.1) is 5.92 Å². The second-order valence-corrected chi connectivity index (χ2v) is 7.87. The third kappa shape index (κ3) is 6.20. The molecule has 1 saturated heterocycles. The van der Waals surface area contributed by atoms with Crippen LogP contribution in [-0.4, -0.2) is 53.5 Å². The number of aliphatic hydroxyl groups excluding tert-OH is 2. The number of fused-ring (bicyclic) bond motifs is 1. The van der Waals surface area contributed by atoms with E-state index < -0.39 is 49.2 Å². The first-order chi connectivity index (χ1) is 15.2. The van der Waals surface area contributed by atoms with Gasteiger partial charge in [0.15, 0.2) is 0 Å². The fourth-order valence-corrected chi connectivity index (χ4v) is 3.60. The van der Waals surface area contributed by atoms with Crippen molar-refractivity contribution in [1.29, 1.82) is 0 Å². The zero-order valence-electron chi connectivity index (χ0n) is 18.6. The number of rotatable bonds is 6. The normalized spacial score (nSPS) is 27.9. The molecule has 2 rings (SSSR count). The van der Waals surface area contributed by atoms with Gasteiger partial charge in [-0.1, -0.05) is 29.9 Å².